The van der Waals surface area contributed by atoms with Gasteiger partial charge in [0.05, 0.1) is 13.2 Å². The summed E-state index contributed by atoms with van der Waals surface area (Å²) >= 11 is 0. The minimum Gasteiger partial charge on any atom is -0.477 e. The number of amides is 2. The molecular formula is C20H27N3O5. The van der Waals surface area contributed by atoms with E-state index in [0.29, 0.717) is 37.4 Å². The molecule has 1 unspecified atom stereocenters. The van der Waals surface area contributed by atoms with E-state index in [1.807, 2.05) is 6.07 Å². The second-order valence-corrected chi connectivity index (χ2v) is 8.03. The summed E-state index contributed by atoms with van der Waals surface area (Å²) in [6.45, 7) is 1.99. The number of rotatable bonds is 9. The van der Waals surface area contributed by atoms with E-state index < -0.39 is 18.0 Å². The van der Waals surface area contributed by atoms with Crippen molar-refractivity contribution in [2.45, 2.75) is 50.5 Å². The van der Waals surface area contributed by atoms with E-state index in [4.69, 9.17) is 19.9 Å². The first kappa shape index (κ1) is 19.0. The lowest BCUT2D eigenvalue weighted by molar-refractivity contribution is -0.120. The monoisotopic (exact) mass is 389 g/mol. The fraction of sp³-hybridized carbons (Fsp3) is 0.650. The topological polar surface area (TPSA) is 113 Å². The normalized spacial score (nSPS) is 22.5. The van der Waals surface area contributed by atoms with Crippen molar-refractivity contribution in [1.29, 1.82) is 0 Å². The summed E-state index contributed by atoms with van der Waals surface area (Å²) < 4.78 is 16.7. The first-order valence-corrected chi connectivity index (χ1v) is 10.1. The van der Waals surface area contributed by atoms with Crippen molar-refractivity contribution in [3.05, 3.63) is 17.7 Å². The molecule has 1 saturated heterocycles. The minimum atomic E-state index is -0.734. The smallest absolute Gasteiger partial charge is 0.414 e. The predicted molar refractivity (Wildman–Crippen MR) is 100 cm³/mol. The molecule has 0 spiro atoms. The maximum Gasteiger partial charge on any atom is 0.414 e. The summed E-state index contributed by atoms with van der Waals surface area (Å²) in [6.07, 6.45) is 5.22. The third-order valence-electron chi connectivity index (χ3n) is 5.49. The molecular weight excluding hydrogens is 362 g/mol. The lowest BCUT2D eigenvalue weighted by Crippen LogP contribution is -2.45. The van der Waals surface area contributed by atoms with Crippen LogP contribution in [0.3, 0.4) is 0 Å². The Morgan fingerprint density at radius 2 is 2.00 bits per heavy atom. The molecule has 3 N–H and O–H groups in total. The van der Waals surface area contributed by atoms with Crippen molar-refractivity contribution in [1.82, 2.24) is 10.3 Å². The number of hydrogen-bond acceptors (Lipinski definition) is 6. The van der Waals surface area contributed by atoms with Gasteiger partial charge in [0.15, 0.2) is 0 Å². The quantitative estimate of drug-likeness (QED) is 0.669. The number of nitrogens with zero attached hydrogens (tertiary/aromatic N) is 1. The van der Waals surface area contributed by atoms with E-state index in [1.54, 1.807) is 6.07 Å². The van der Waals surface area contributed by atoms with Crippen LogP contribution in [0.5, 0.6) is 11.8 Å². The van der Waals surface area contributed by atoms with Crippen LogP contribution in [0, 0.1) is 11.8 Å². The molecule has 1 aromatic heterocycles. The molecule has 8 heteroatoms. The van der Waals surface area contributed by atoms with Gasteiger partial charge in [-0.3, -0.25) is 4.79 Å². The van der Waals surface area contributed by atoms with E-state index in [2.05, 4.69) is 10.3 Å². The summed E-state index contributed by atoms with van der Waals surface area (Å²) in [6, 6.07) is 2.81. The van der Waals surface area contributed by atoms with Crippen molar-refractivity contribution in [3.8, 4) is 11.8 Å². The van der Waals surface area contributed by atoms with Gasteiger partial charge in [-0.25, -0.2) is 4.79 Å². The number of carbonyl (C=O) groups is 2. The Bertz CT molecular complexity index is 727. The molecule has 1 aliphatic heterocycles. The first-order chi connectivity index (χ1) is 13.6. The Hall–Kier alpha value is -2.35. The minimum absolute atomic E-state index is 0.139. The maximum atomic E-state index is 12.2. The summed E-state index contributed by atoms with van der Waals surface area (Å²) in [5.41, 5.74) is 6.37. The second kappa shape index (κ2) is 8.34. The van der Waals surface area contributed by atoms with E-state index >= 15 is 0 Å². The van der Waals surface area contributed by atoms with Crippen LogP contribution >= 0.6 is 0 Å². The lowest BCUT2D eigenvalue weighted by Gasteiger charge is -2.17. The number of nitrogens with two attached hydrogens (primary N) is 1. The van der Waals surface area contributed by atoms with Crippen LogP contribution in [-0.4, -0.2) is 42.8 Å². The predicted octanol–water partition coefficient (Wildman–Crippen LogP) is 2.12. The molecule has 2 aliphatic carbocycles. The van der Waals surface area contributed by atoms with Crippen LogP contribution in [-0.2, 0) is 9.53 Å². The number of nitrogens with one attached hydrogen (secondary N) is 1. The van der Waals surface area contributed by atoms with Gasteiger partial charge in [0.2, 0.25) is 17.7 Å². The number of pyridine rings is 1. The van der Waals surface area contributed by atoms with E-state index in [1.165, 1.54) is 12.8 Å². The molecule has 2 heterocycles. The summed E-state index contributed by atoms with van der Waals surface area (Å²) in [5.74, 6) is 1.36. The number of hydrogen-bond donors (Lipinski definition) is 2. The molecule has 1 aromatic rings. The van der Waals surface area contributed by atoms with Gasteiger partial charge < -0.3 is 25.3 Å². The van der Waals surface area contributed by atoms with Gasteiger partial charge in [0.25, 0.3) is 0 Å². The van der Waals surface area contributed by atoms with Crippen LogP contribution in [0.25, 0.3) is 0 Å². The highest BCUT2D eigenvalue weighted by Crippen LogP contribution is 2.35. The number of aromatic nitrogens is 1. The number of carbonyl (C=O) groups excluding carboxylic acids is 2. The zero-order valence-corrected chi connectivity index (χ0v) is 15.9. The van der Waals surface area contributed by atoms with E-state index in [-0.39, 0.29) is 11.8 Å². The fourth-order valence-corrected chi connectivity index (χ4v) is 3.38. The maximum absolute atomic E-state index is 12.2. The number of primary amides is 1. The fourth-order valence-electron chi connectivity index (χ4n) is 3.38. The molecule has 0 aromatic carbocycles. The van der Waals surface area contributed by atoms with Gasteiger partial charge in [0, 0.05) is 24.2 Å². The average molecular weight is 389 g/mol. The Labute approximate surface area is 164 Å². The molecule has 28 heavy (non-hydrogen) atoms. The SMILES string of the molecule is NC(=O)[C@H](CC1CC1)NC(=O)Oc1ccc(C2CCOC2)c(OCC2CC2)n1. The third kappa shape index (κ3) is 5.13. The van der Waals surface area contributed by atoms with E-state index in [0.717, 1.165) is 31.4 Å². The lowest BCUT2D eigenvalue weighted by atomic mass is 10.00. The van der Waals surface area contributed by atoms with Crippen LogP contribution in [0.15, 0.2) is 12.1 Å². The summed E-state index contributed by atoms with van der Waals surface area (Å²) in [5, 5.41) is 2.55. The molecule has 0 radical (unpaired) electrons. The molecule has 8 nitrogen and oxygen atoms in total. The van der Waals surface area contributed by atoms with Crippen molar-refractivity contribution < 1.29 is 23.8 Å². The highest BCUT2D eigenvalue weighted by molar-refractivity contribution is 5.84. The van der Waals surface area contributed by atoms with Crippen LogP contribution in [0.1, 0.15) is 50.0 Å². The van der Waals surface area contributed by atoms with Crippen LogP contribution in [0.4, 0.5) is 4.79 Å². The highest BCUT2D eigenvalue weighted by atomic mass is 16.6. The van der Waals surface area contributed by atoms with Crippen LogP contribution in [0.2, 0.25) is 0 Å². The molecule has 2 atom stereocenters. The molecule has 3 aliphatic rings. The van der Waals surface area contributed by atoms with Crippen molar-refractivity contribution in [2.75, 3.05) is 19.8 Å². The molecule has 4 rings (SSSR count). The molecule has 2 saturated carbocycles. The van der Waals surface area contributed by atoms with Gasteiger partial charge in [-0.05, 0) is 43.6 Å². The summed E-state index contributed by atoms with van der Waals surface area (Å²) in [7, 11) is 0. The Balaban J connectivity index is 1.41. The largest absolute Gasteiger partial charge is 0.477 e. The Morgan fingerprint density at radius 3 is 2.64 bits per heavy atom. The van der Waals surface area contributed by atoms with Gasteiger partial charge in [-0.2, -0.15) is 4.98 Å². The van der Waals surface area contributed by atoms with Crippen molar-refractivity contribution in [3.63, 3.8) is 0 Å². The first-order valence-electron chi connectivity index (χ1n) is 10.1. The zero-order valence-electron chi connectivity index (χ0n) is 15.9. The molecule has 3 fully saturated rings. The van der Waals surface area contributed by atoms with Crippen LogP contribution < -0.4 is 20.5 Å². The standard InChI is InChI=1S/C20H27N3O5/c21-18(24)16(9-12-1-2-12)22-20(25)28-17-6-5-15(14-7-8-26-11-14)19(23-17)27-10-13-3-4-13/h5-6,12-14,16H,1-4,7-11H2,(H2,21,24)(H,22,25)/t14?,16-/m0/s1. The van der Waals surface area contributed by atoms with Gasteiger partial charge in [-0.1, -0.05) is 12.8 Å². The van der Waals surface area contributed by atoms with Crippen molar-refractivity contribution in [2.24, 2.45) is 17.6 Å². The second-order valence-electron chi connectivity index (χ2n) is 8.03. The third-order valence-corrected chi connectivity index (χ3v) is 5.49. The Morgan fingerprint density at radius 1 is 1.21 bits per heavy atom. The van der Waals surface area contributed by atoms with Crippen molar-refractivity contribution >= 4 is 12.0 Å². The number of ether oxygens (including phenoxy) is 3. The van der Waals surface area contributed by atoms with Gasteiger partial charge in [0.1, 0.15) is 6.04 Å². The molecule has 0 bridgehead atoms. The Kier molecular flexibility index (Phi) is 5.66. The van der Waals surface area contributed by atoms with E-state index in [9.17, 15) is 9.59 Å². The molecule has 2 amide bonds. The summed E-state index contributed by atoms with van der Waals surface area (Å²) in [4.78, 5) is 28.2. The highest BCUT2D eigenvalue weighted by Gasteiger charge is 2.30. The molecule has 152 valence electrons. The zero-order chi connectivity index (χ0) is 19.5. The van der Waals surface area contributed by atoms with Gasteiger partial charge >= 0.3 is 6.09 Å². The van der Waals surface area contributed by atoms with Gasteiger partial charge in [-0.15, -0.1) is 0 Å². The average Bonchev–Trinajstić information content (AvgIpc) is 3.60.